The molecule has 1 aliphatic rings. The van der Waals surface area contributed by atoms with Crippen LogP contribution in [0.2, 0.25) is 0 Å². The van der Waals surface area contributed by atoms with Crippen molar-refractivity contribution < 1.29 is 9.90 Å². The Kier molecular flexibility index (Phi) is 9.18. The Morgan fingerprint density at radius 3 is 2.38 bits per heavy atom. The van der Waals surface area contributed by atoms with Gasteiger partial charge in [0.05, 0.1) is 6.10 Å². The summed E-state index contributed by atoms with van der Waals surface area (Å²) in [6, 6.07) is 0.867. The molecule has 4 unspecified atom stereocenters. The van der Waals surface area contributed by atoms with Crippen molar-refractivity contribution in [2.45, 2.75) is 103 Å². The SMILES string of the molecule is CC(=O)C(C)CCCCCCCCC1CCC(O)C(C)N1. The first-order valence-corrected chi connectivity index (χ1v) is 8.95. The summed E-state index contributed by atoms with van der Waals surface area (Å²) < 4.78 is 0. The standard InChI is InChI=1S/C18H35NO2/c1-14(16(3)20)10-8-6-4-5-7-9-11-17-12-13-18(21)15(2)19-17/h14-15,17-19,21H,4-13H2,1-3H3. The van der Waals surface area contributed by atoms with Crippen LogP contribution in [0, 0.1) is 5.92 Å². The Labute approximate surface area is 130 Å². The summed E-state index contributed by atoms with van der Waals surface area (Å²) in [4.78, 5) is 11.1. The number of Topliss-reactive ketones (excluding diaryl/α,β-unsaturated/α-hetero) is 1. The monoisotopic (exact) mass is 297 g/mol. The summed E-state index contributed by atoms with van der Waals surface area (Å²) in [6.07, 6.45) is 11.9. The average molecular weight is 297 g/mol. The second-order valence-electron chi connectivity index (χ2n) is 7.01. The van der Waals surface area contributed by atoms with Crippen molar-refractivity contribution in [3.8, 4) is 0 Å². The number of unbranched alkanes of at least 4 members (excludes halogenated alkanes) is 5. The zero-order valence-electron chi connectivity index (χ0n) is 14.2. The molecule has 0 saturated carbocycles. The van der Waals surface area contributed by atoms with Gasteiger partial charge in [0.25, 0.3) is 0 Å². The Balaban J connectivity index is 1.90. The minimum absolute atomic E-state index is 0.154. The Morgan fingerprint density at radius 1 is 1.14 bits per heavy atom. The first-order chi connectivity index (χ1) is 10.0. The van der Waals surface area contributed by atoms with Crippen LogP contribution in [0.3, 0.4) is 0 Å². The van der Waals surface area contributed by atoms with Gasteiger partial charge in [-0.15, -0.1) is 0 Å². The predicted octanol–water partition coefficient (Wildman–Crippen LogP) is 3.83. The van der Waals surface area contributed by atoms with Gasteiger partial charge in [0.15, 0.2) is 0 Å². The van der Waals surface area contributed by atoms with E-state index in [1.165, 1.54) is 44.9 Å². The number of ketones is 1. The smallest absolute Gasteiger partial charge is 0.132 e. The van der Waals surface area contributed by atoms with Crippen LogP contribution in [0.25, 0.3) is 0 Å². The zero-order chi connectivity index (χ0) is 15.7. The van der Waals surface area contributed by atoms with Gasteiger partial charge in [0.1, 0.15) is 5.78 Å². The fourth-order valence-corrected chi connectivity index (χ4v) is 3.17. The molecule has 0 aromatic carbocycles. The number of hydrogen-bond acceptors (Lipinski definition) is 3. The number of piperidine rings is 1. The molecule has 124 valence electrons. The molecule has 0 spiro atoms. The molecule has 3 heteroatoms. The van der Waals surface area contributed by atoms with Crippen molar-refractivity contribution >= 4 is 5.78 Å². The van der Waals surface area contributed by atoms with E-state index in [4.69, 9.17) is 0 Å². The van der Waals surface area contributed by atoms with Crippen LogP contribution >= 0.6 is 0 Å². The molecule has 1 heterocycles. The predicted molar refractivity (Wildman–Crippen MR) is 88.4 cm³/mol. The van der Waals surface area contributed by atoms with Crippen molar-refractivity contribution in [3.05, 3.63) is 0 Å². The number of rotatable bonds is 10. The van der Waals surface area contributed by atoms with Crippen molar-refractivity contribution in [2.24, 2.45) is 5.92 Å². The summed E-state index contributed by atoms with van der Waals surface area (Å²) >= 11 is 0. The van der Waals surface area contributed by atoms with E-state index in [1.807, 2.05) is 6.92 Å². The van der Waals surface area contributed by atoms with Gasteiger partial charge < -0.3 is 10.4 Å². The topological polar surface area (TPSA) is 49.3 Å². The highest BCUT2D eigenvalue weighted by atomic mass is 16.3. The van der Waals surface area contributed by atoms with Crippen molar-refractivity contribution in [1.82, 2.24) is 5.32 Å². The molecule has 2 N–H and O–H groups in total. The molecule has 0 aromatic heterocycles. The molecular weight excluding hydrogens is 262 g/mol. The quantitative estimate of drug-likeness (QED) is 0.602. The minimum Gasteiger partial charge on any atom is -0.392 e. The molecular formula is C18H35NO2. The lowest BCUT2D eigenvalue weighted by molar-refractivity contribution is -0.120. The van der Waals surface area contributed by atoms with E-state index in [9.17, 15) is 9.90 Å². The lowest BCUT2D eigenvalue weighted by atomic mass is 9.93. The molecule has 1 saturated heterocycles. The molecule has 0 aromatic rings. The number of nitrogens with one attached hydrogen (secondary N) is 1. The number of hydrogen-bond donors (Lipinski definition) is 2. The van der Waals surface area contributed by atoms with E-state index in [0.717, 1.165) is 19.3 Å². The van der Waals surface area contributed by atoms with E-state index < -0.39 is 0 Å². The van der Waals surface area contributed by atoms with Gasteiger partial charge in [-0.25, -0.2) is 0 Å². The van der Waals surface area contributed by atoms with Crippen molar-refractivity contribution in [3.63, 3.8) is 0 Å². The summed E-state index contributed by atoms with van der Waals surface area (Å²) in [6.45, 7) is 5.82. The number of aliphatic hydroxyl groups excluding tert-OH is 1. The molecule has 1 rings (SSSR count). The van der Waals surface area contributed by atoms with E-state index in [0.29, 0.717) is 11.8 Å². The Hall–Kier alpha value is -0.410. The highest BCUT2D eigenvalue weighted by molar-refractivity contribution is 5.77. The first kappa shape index (κ1) is 18.6. The third kappa shape index (κ3) is 7.96. The van der Waals surface area contributed by atoms with Crippen LogP contribution in [0.15, 0.2) is 0 Å². The molecule has 1 fully saturated rings. The van der Waals surface area contributed by atoms with Crippen LogP contribution in [0.1, 0.15) is 85.0 Å². The molecule has 21 heavy (non-hydrogen) atoms. The van der Waals surface area contributed by atoms with Gasteiger partial charge in [-0.05, 0) is 39.5 Å². The molecule has 0 amide bonds. The van der Waals surface area contributed by atoms with E-state index in [2.05, 4.69) is 12.2 Å². The lowest BCUT2D eigenvalue weighted by Gasteiger charge is -2.32. The van der Waals surface area contributed by atoms with Crippen molar-refractivity contribution in [2.75, 3.05) is 0 Å². The maximum Gasteiger partial charge on any atom is 0.132 e. The summed E-state index contributed by atoms with van der Waals surface area (Å²) in [5.41, 5.74) is 0. The second kappa shape index (κ2) is 10.3. The first-order valence-electron chi connectivity index (χ1n) is 8.95. The van der Waals surface area contributed by atoms with Gasteiger partial charge in [0.2, 0.25) is 0 Å². The van der Waals surface area contributed by atoms with Crippen LogP contribution in [-0.4, -0.2) is 29.1 Å². The number of aliphatic hydroxyl groups is 1. The van der Waals surface area contributed by atoms with Crippen LogP contribution in [0.5, 0.6) is 0 Å². The molecule has 0 aliphatic carbocycles. The maximum absolute atomic E-state index is 11.1. The number of carbonyl (C=O) groups is 1. The molecule has 3 nitrogen and oxygen atoms in total. The summed E-state index contributed by atoms with van der Waals surface area (Å²) in [7, 11) is 0. The zero-order valence-corrected chi connectivity index (χ0v) is 14.2. The lowest BCUT2D eigenvalue weighted by Crippen LogP contribution is -2.48. The van der Waals surface area contributed by atoms with E-state index in [-0.39, 0.29) is 18.1 Å². The highest BCUT2D eigenvalue weighted by Gasteiger charge is 2.24. The van der Waals surface area contributed by atoms with Crippen LogP contribution in [-0.2, 0) is 4.79 Å². The molecule has 0 bridgehead atoms. The maximum atomic E-state index is 11.1. The van der Waals surface area contributed by atoms with Crippen molar-refractivity contribution in [1.29, 1.82) is 0 Å². The summed E-state index contributed by atoms with van der Waals surface area (Å²) in [5.74, 6) is 0.578. The Bertz CT molecular complexity index is 293. The van der Waals surface area contributed by atoms with Gasteiger partial charge in [0, 0.05) is 18.0 Å². The van der Waals surface area contributed by atoms with Gasteiger partial charge in [-0.1, -0.05) is 45.4 Å². The van der Waals surface area contributed by atoms with Crippen LogP contribution in [0.4, 0.5) is 0 Å². The van der Waals surface area contributed by atoms with E-state index >= 15 is 0 Å². The van der Waals surface area contributed by atoms with E-state index in [1.54, 1.807) is 6.92 Å². The third-order valence-electron chi connectivity index (χ3n) is 5.02. The van der Waals surface area contributed by atoms with Gasteiger partial charge >= 0.3 is 0 Å². The Morgan fingerprint density at radius 2 is 1.76 bits per heavy atom. The van der Waals surface area contributed by atoms with Gasteiger partial charge in [-0.2, -0.15) is 0 Å². The molecule has 0 radical (unpaired) electrons. The molecule has 1 aliphatic heterocycles. The summed E-state index contributed by atoms with van der Waals surface area (Å²) in [5, 5.41) is 13.2. The highest BCUT2D eigenvalue weighted by Crippen LogP contribution is 2.19. The second-order valence-corrected chi connectivity index (χ2v) is 7.01. The third-order valence-corrected chi connectivity index (χ3v) is 5.02. The number of carbonyl (C=O) groups excluding carboxylic acids is 1. The van der Waals surface area contributed by atoms with Gasteiger partial charge in [-0.3, -0.25) is 4.79 Å². The average Bonchev–Trinajstić information content (AvgIpc) is 2.45. The molecule has 4 atom stereocenters. The van der Waals surface area contributed by atoms with Crippen LogP contribution < -0.4 is 5.32 Å². The normalized spacial score (nSPS) is 27.5. The minimum atomic E-state index is -0.154. The fraction of sp³-hybridized carbons (Fsp3) is 0.944. The largest absolute Gasteiger partial charge is 0.392 e. The fourth-order valence-electron chi connectivity index (χ4n) is 3.17.